The second-order valence-corrected chi connectivity index (χ2v) is 6.63. The average Bonchev–Trinajstić information content (AvgIpc) is 2.43. The Labute approximate surface area is 112 Å². The summed E-state index contributed by atoms with van der Waals surface area (Å²) in [6, 6.07) is 0.201. The monoisotopic (exact) mass is 240 g/mol. The van der Waals surface area contributed by atoms with Crippen molar-refractivity contribution in [1.29, 1.82) is 0 Å². The summed E-state index contributed by atoms with van der Waals surface area (Å²) in [7, 11) is -0.888. The van der Waals surface area contributed by atoms with E-state index in [0.29, 0.717) is 6.42 Å². The number of allylic oxidation sites excluding steroid dienone is 2. The Hall–Kier alpha value is -0.275. The van der Waals surface area contributed by atoms with Crippen LogP contribution < -0.4 is 0 Å². The molecule has 0 amide bonds. The molecule has 1 heterocycles. The van der Waals surface area contributed by atoms with Gasteiger partial charge in [-0.15, -0.1) is 0 Å². The predicted octanol–water partition coefficient (Wildman–Crippen LogP) is 3.75. The van der Waals surface area contributed by atoms with Crippen molar-refractivity contribution in [2.24, 2.45) is 5.41 Å². The van der Waals surface area contributed by atoms with Gasteiger partial charge in [0.05, 0.1) is 12.6 Å². The van der Waals surface area contributed by atoms with Gasteiger partial charge in [0, 0.05) is 4.11 Å². The molecule has 0 aromatic carbocycles. The minimum absolute atomic E-state index is 0.181. The van der Waals surface area contributed by atoms with Crippen LogP contribution in [0.5, 0.6) is 0 Å². The van der Waals surface area contributed by atoms with Gasteiger partial charge >= 0.3 is 7.12 Å². The minimum Gasteiger partial charge on any atom is -0.400 e. The van der Waals surface area contributed by atoms with Crippen LogP contribution >= 0.6 is 0 Å². The van der Waals surface area contributed by atoms with E-state index in [1.54, 1.807) is 0 Å². The van der Waals surface area contributed by atoms with Crippen molar-refractivity contribution in [3.05, 3.63) is 11.5 Å². The molecular formula is C14H25BO2. The highest BCUT2D eigenvalue weighted by Gasteiger charge is 2.52. The van der Waals surface area contributed by atoms with Crippen LogP contribution in [0.4, 0.5) is 0 Å². The van der Waals surface area contributed by atoms with Crippen LogP contribution in [0.15, 0.2) is 11.5 Å². The molecule has 0 radical (unpaired) electrons. The largest absolute Gasteiger partial charge is 0.490 e. The zero-order valence-corrected chi connectivity index (χ0v) is 11.7. The van der Waals surface area contributed by atoms with E-state index in [2.05, 4.69) is 0 Å². The first-order valence-electron chi connectivity index (χ1n) is 8.28. The lowest BCUT2D eigenvalue weighted by atomic mass is 9.67. The lowest BCUT2D eigenvalue weighted by Crippen LogP contribution is -2.41. The number of hydrogen-bond donors (Lipinski definition) is 0. The Morgan fingerprint density at radius 3 is 2.24 bits per heavy atom. The highest BCUT2D eigenvalue weighted by Crippen LogP contribution is 2.42. The summed E-state index contributed by atoms with van der Waals surface area (Å²) in [6.45, 7) is 11.3. The average molecular weight is 240 g/mol. The standard InChI is InChI=1S/C14H25BO2/c1-12(2)9-7-11(8-10-12)15-16-13(3,4)14(5,6)17-15/h7H,8-10H2,1-6H3/i7D,8D2,10D. The van der Waals surface area contributed by atoms with Crippen molar-refractivity contribution in [1.82, 2.24) is 0 Å². The molecule has 0 aromatic heterocycles. The normalized spacial score (nSPS) is 41.5. The molecular weight excluding hydrogens is 211 g/mol. The third-order valence-corrected chi connectivity index (χ3v) is 3.84. The fourth-order valence-corrected chi connectivity index (χ4v) is 1.81. The summed E-state index contributed by atoms with van der Waals surface area (Å²) < 4.78 is 45.0. The van der Waals surface area contributed by atoms with Crippen LogP contribution in [0.3, 0.4) is 0 Å². The Balaban J connectivity index is 2.45. The maximum atomic E-state index is 8.34. The molecule has 2 nitrogen and oxygen atoms in total. The van der Waals surface area contributed by atoms with Gasteiger partial charge in [-0.1, -0.05) is 19.9 Å². The van der Waals surface area contributed by atoms with Crippen LogP contribution in [-0.2, 0) is 9.31 Å². The Bertz CT molecular complexity index is 469. The topological polar surface area (TPSA) is 18.5 Å². The summed E-state index contributed by atoms with van der Waals surface area (Å²) in [5.41, 5.74) is -1.55. The van der Waals surface area contributed by atoms with Gasteiger partial charge in [-0.05, 0) is 57.8 Å². The molecule has 1 fully saturated rings. The second-order valence-electron chi connectivity index (χ2n) is 6.63. The smallest absolute Gasteiger partial charge is 0.400 e. The van der Waals surface area contributed by atoms with Crippen molar-refractivity contribution in [3.8, 4) is 0 Å². The highest BCUT2D eigenvalue weighted by atomic mass is 16.7. The van der Waals surface area contributed by atoms with Crippen LogP contribution in [0.1, 0.15) is 66.2 Å². The van der Waals surface area contributed by atoms with E-state index in [4.69, 9.17) is 14.8 Å². The molecule has 3 heteroatoms. The summed E-state index contributed by atoms with van der Waals surface area (Å²) in [6.07, 6.45) is -2.52. The first-order valence-corrected chi connectivity index (χ1v) is 6.20. The van der Waals surface area contributed by atoms with Crippen LogP contribution in [0.25, 0.3) is 0 Å². The first kappa shape index (κ1) is 8.76. The lowest BCUT2D eigenvalue weighted by Gasteiger charge is -2.32. The van der Waals surface area contributed by atoms with Crippen LogP contribution in [0, 0.1) is 5.41 Å². The molecule has 96 valence electrons. The number of hydrogen-bond acceptors (Lipinski definition) is 2. The molecule has 17 heavy (non-hydrogen) atoms. The molecule has 1 aliphatic heterocycles. The third-order valence-electron chi connectivity index (χ3n) is 3.84. The zero-order chi connectivity index (χ0) is 16.4. The maximum absolute atomic E-state index is 8.34. The summed E-state index contributed by atoms with van der Waals surface area (Å²) in [5.74, 6) is 0. The molecule has 0 saturated carbocycles. The second kappa shape index (κ2) is 3.86. The van der Waals surface area contributed by atoms with Crippen molar-refractivity contribution < 1.29 is 14.8 Å². The van der Waals surface area contributed by atoms with Crippen molar-refractivity contribution >= 4 is 7.12 Å². The van der Waals surface area contributed by atoms with Crippen molar-refractivity contribution in [2.75, 3.05) is 0 Å². The van der Waals surface area contributed by atoms with Gasteiger partial charge in [0.2, 0.25) is 0 Å². The zero-order valence-electron chi connectivity index (χ0n) is 15.7. The maximum Gasteiger partial charge on any atom is 0.490 e. The highest BCUT2D eigenvalue weighted by molar-refractivity contribution is 6.54. The molecule has 2 rings (SSSR count). The van der Waals surface area contributed by atoms with E-state index in [-0.39, 0.29) is 11.5 Å². The molecule has 1 atom stereocenters. The van der Waals surface area contributed by atoms with Gasteiger partial charge in [0.15, 0.2) is 0 Å². The SMILES string of the molecule is [2H]C1=C(B2OC(C)(C)C(C)(C)O2)C([2H])([2H])C([2H])C(C)(C)C1. The minimum atomic E-state index is -1.93. The van der Waals surface area contributed by atoms with Gasteiger partial charge < -0.3 is 9.31 Å². The molecule has 1 unspecified atom stereocenters. The fraction of sp³-hybridized carbons (Fsp3) is 0.857. The van der Waals surface area contributed by atoms with Gasteiger partial charge in [-0.25, -0.2) is 0 Å². The van der Waals surface area contributed by atoms with Crippen molar-refractivity contribution in [2.45, 2.75) is 71.9 Å². The summed E-state index contributed by atoms with van der Waals surface area (Å²) in [5, 5.41) is 0. The molecule has 0 bridgehead atoms. The van der Waals surface area contributed by atoms with Gasteiger partial charge in [0.1, 0.15) is 0 Å². The molecule has 0 spiro atoms. The molecule has 0 aromatic rings. The fourth-order valence-electron chi connectivity index (χ4n) is 1.81. The quantitative estimate of drug-likeness (QED) is 0.650. The lowest BCUT2D eigenvalue weighted by molar-refractivity contribution is 0.00578. The molecule has 1 saturated heterocycles. The van der Waals surface area contributed by atoms with Crippen LogP contribution in [0.2, 0.25) is 0 Å². The van der Waals surface area contributed by atoms with Crippen molar-refractivity contribution in [3.63, 3.8) is 0 Å². The van der Waals surface area contributed by atoms with E-state index in [0.717, 1.165) is 0 Å². The first-order chi connectivity index (χ1) is 9.22. The summed E-state index contributed by atoms with van der Waals surface area (Å²) in [4.78, 5) is 0. The molecule has 2 aliphatic rings. The van der Waals surface area contributed by atoms with E-state index in [1.165, 1.54) is 0 Å². The van der Waals surface area contributed by atoms with E-state index in [1.807, 2.05) is 41.5 Å². The molecule has 1 aliphatic carbocycles. The third kappa shape index (κ3) is 2.46. The van der Waals surface area contributed by atoms with Crippen LogP contribution in [-0.4, -0.2) is 18.3 Å². The summed E-state index contributed by atoms with van der Waals surface area (Å²) >= 11 is 0. The number of rotatable bonds is 1. The Morgan fingerprint density at radius 2 is 1.71 bits per heavy atom. The van der Waals surface area contributed by atoms with E-state index in [9.17, 15) is 0 Å². The van der Waals surface area contributed by atoms with Gasteiger partial charge in [-0.2, -0.15) is 0 Å². The predicted molar refractivity (Wildman–Crippen MR) is 71.8 cm³/mol. The van der Waals surface area contributed by atoms with E-state index < -0.39 is 36.5 Å². The van der Waals surface area contributed by atoms with Gasteiger partial charge in [0.25, 0.3) is 0 Å². The van der Waals surface area contributed by atoms with Gasteiger partial charge in [-0.3, -0.25) is 0 Å². The molecule has 0 N–H and O–H groups in total. The Kier molecular flexibility index (Phi) is 1.99. The van der Waals surface area contributed by atoms with E-state index >= 15 is 0 Å². The Morgan fingerprint density at radius 1 is 1.18 bits per heavy atom.